The second-order valence-electron chi connectivity index (χ2n) is 9.39. The number of fused-ring (bicyclic) bond motifs is 2. The van der Waals surface area contributed by atoms with E-state index in [9.17, 15) is 4.79 Å². The highest BCUT2D eigenvalue weighted by Gasteiger charge is 2.66. The standard InChI is InChI=1S/C22H29NO/c1-14-10-15-12-16(20(2,3)4)13-18(17(15)11-14)21-6-5-7-22(21,9-8-21)19(23)24/h10,12-13H,5-9,11H2,1-4H3,(H2,23,24). The SMILES string of the molecule is CC1=Cc2cc(C(C)(C)C)cc(C34CCCC3(C(N)=O)CC4)c2C1. The van der Waals surface area contributed by atoms with Crippen LogP contribution in [0.4, 0.5) is 0 Å². The summed E-state index contributed by atoms with van der Waals surface area (Å²) in [5.74, 6) is -0.0659. The number of hydrogen-bond donors (Lipinski definition) is 1. The number of benzene rings is 1. The fourth-order valence-electron chi connectivity index (χ4n) is 5.63. The molecule has 2 atom stereocenters. The molecule has 1 aromatic rings. The molecule has 24 heavy (non-hydrogen) atoms. The van der Waals surface area contributed by atoms with E-state index in [2.05, 4.69) is 45.9 Å². The molecule has 2 unspecified atom stereocenters. The molecular formula is C22H29NO. The number of carbonyl (C=O) groups is 1. The van der Waals surface area contributed by atoms with Crippen molar-refractivity contribution >= 4 is 12.0 Å². The third-order valence-electron chi connectivity index (χ3n) is 7.10. The first-order chi connectivity index (χ1) is 11.2. The zero-order valence-corrected chi connectivity index (χ0v) is 15.5. The molecule has 1 amide bonds. The molecular weight excluding hydrogens is 294 g/mol. The van der Waals surface area contributed by atoms with Crippen LogP contribution in [0.25, 0.3) is 6.08 Å². The quantitative estimate of drug-likeness (QED) is 0.847. The number of nitrogens with two attached hydrogens (primary N) is 1. The molecule has 2 heteroatoms. The molecule has 0 saturated heterocycles. The molecule has 3 aliphatic rings. The van der Waals surface area contributed by atoms with Crippen molar-refractivity contribution in [2.75, 3.05) is 0 Å². The molecule has 0 spiro atoms. The average molecular weight is 323 g/mol. The van der Waals surface area contributed by atoms with Crippen LogP contribution >= 0.6 is 0 Å². The summed E-state index contributed by atoms with van der Waals surface area (Å²) in [6.07, 6.45) is 8.69. The molecule has 0 aromatic heterocycles. The number of allylic oxidation sites excluding steroid dienone is 1. The van der Waals surface area contributed by atoms with Crippen LogP contribution in [0, 0.1) is 5.41 Å². The van der Waals surface area contributed by atoms with Crippen LogP contribution in [0.1, 0.15) is 82.1 Å². The molecule has 0 aliphatic heterocycles. The molecule has 128 valence electrons. The molecule has 4 rings (SSSR count). The normalized spacial score (nSPS) is 31.2. The molecule has 1 aromatic carbocycles. The third kappa shape index (κ3) is 1.86. The van der Waals surface area contributed by atoms with Crippen LogP contribution in [-0.4, -0.2) is 5.91 Å². The van der Waals surface area contributed by atoms with E-state index in [1.54, 1.807) is 0 Å². The Morgan fingerprint density at radius 2 is 1.88 bits per heavy atom. The van der Waals surface area contributed by atoms with Crippen molar-refractivity contribution in [3.8, 4) is 0 Å². The zero-order chi connectivity index (χ0) is 17.3. The van der Waals surface area contributed by atoms with E-state index in [1.807, 2.05) is 0 Å². The van der Waals surface area contributed by atoms with E-state index in [-0.39, 0.29) is 22.2 Å². The van der Waals surface area contributed by atoms with Gasteiger partial charge in [0.1, 0.15) is 0 Å². The number of primary amides is 1. The summed E-state index contributed by atoms with van der Waals surface area (Å²) in [5.41, 5.74) is 12.9. The molecule has 3 aliphatic carbocycles. The summed E-state index contributed by atoms with van der Waals surface area (Å²) in [4.78, 5) is 12.4. The van der Waals surface area contributed by atoms with Crippen LogP contribution < -0.4 is 5.73 Å². The van der Waals surface area contributed by atoms with Gasteiger partial charge in [0.15, 0.2) is 0 Å². The summed E-state index contributed by atoms with van der Waals surface area (Å²) in [6, 6.07) is 4.79. The molecule has 2 nitrogen and oxygen atoms in total. The molecule has 2 N–H and O–H groups in total. The first-order valence-electron chi connectivity index (χ1n) is 9.35. The predicted octanol–water partition coefficient (Wildman–Crippen LogP) is 4.63. The maximum atomic E-state index is 12.4. The lowest BCUT2D eigenvalue weighted by molar-refractivity contribution is -0.138. The minimum Gasteiger partial charge on any atom is -0.369 e. The Labute approximate surface area is 145 Å². The van der Waals surface area contributed by atoms with E-state index >= 15 is 0 Å². The van der Waals surface area contributed by atoms with Crippen molar-refractivity contribution in [3.63, 3.8) is 0 Å². The summed E-state index contributed by atoms with van der Waals surface area (Å²) in [7, 11) is 0. The lowest BCUT2D eigenvalue weighted by atomic mass is 9.47. The Hall–Kier alpha value is -1.57. The van der Waals surface area contributed by atoms with Gasteiger partial charge in [0, 0.05) is 5.41 Å². The highest BCUT2D eigenvalue weighted by Crippen LogP contribution is 2.68. The lowest BCUT2D eigenvalue weighted by Crippen LogP contribution is -2.58. The Morgan fingerprint density at radius 1 is 1.12 bits per heavy atom. The van der Waals surface area contributed by atoms with Gasteiger partial charge in [0.25, 0.3) is 0 Å². The van der Waals surface area contributed by atoms with Crippen molar-refractivity contribution in [3.05, 3.63) is 40.0 Å². The Morgan fingerprint density at radius 3 is 2.46 bits per heavy atom. The van der Waals surface area contributed by atoms with E-state index < -0.39 is 0 Å². The Bertz CT molecular complexity index is 767. The largest absolute Gasteiger partial charge is 0.369 e. The van der Waals surface area contributed by atoms with Gasteiger partial charge in [-0.1, -0.05) is 51.0 Å². The number of amides is 1. The van der Waals surface area contributed by atoms with Crippen molar-refractivity contribution in [2.24, 2.45) is 11.1 Å². The summed E-state index contributed by atoms with van der Waals surface area (Å²) in [6.45, 7) is 9.05. The summed E-state index contributed by atoms with van der Waals surface area (Å²) < 4.78 is 0. The van der Waals surface area contributed by atoms with E-state index in [1.165, 1.54) is 27.8 Å². The van der Waals surface area contributed by atoms with Crippen LogP contribution in [0.3, 0.4) is 0 Å². The van der Waals surface area contributed by atoms with Gasteiger partial charge < -0.3 is 5.73 Å². The fourth-order valence-corrected chi connectivity index (χ4v) is 5.63. The predicted molar refractivity (Wildman–Crippen MR) is 98.9 cm³/mol. The maximum absolute atomic E-state index is 12.4. The topological polar surface area (TPSA) is 43.1 Å². The molecule has 2 saturated carbocycles. The van der Waals surface area contributed by atoms with Crippen molar-refractivity contribution in [1.29, 1.82) is 0 Å². The maximum Gasteiger partial charge on any atom is 0.224 e. The number of carbonyl (C=O) groups excluding carboxylic acids is 1. The van der Waals surface area contributed by atoms with Gasteiger partial charge in [-0.3, -0.25) is 4.79 Å². The second kappa shape index (κ2) is 4.74. The Kier molecular flexibility index (Phi) is 3.15. The molecule has 0 bridgehead atoms. The molecule has 2 fully saturated rings. The molecule has 0 heterocycles. The van der Waals surface area contributed by atoms with Gasteiger partial charge in [-0.05, 0) is 66.7 Å². The number of hydrogen-bond acceptors (Lipinski definition) is 1. The van der Waals surface area contributed by atoms with E-state index in [0.717, 1.165) is 38.5 Å². The van der Waals surface area contributed by atoms with Gasteiger partial charge in [0.2, 0.25) is 5.91 Å². The second-order valence-corrected chi connectivity index (χ2v) is 9.39. The third-order valence-corrected chi connectivity index (χ3v) is 7.10. The summed E-state index contributed by atoms with van der Waals surface area (Å²) in [5, 5.41) is 0. The van der Waals surface area contributed by atoms with Gasteiger partial charge in [-0.2, -0.15) is 0 Å². The lowest BCUT2D eigenvalue weighted by Gasteiger charge is -2.55. The van der Waals surface area contributed by atoms with Gasteiger partial charge in [0.05, 0.1) is 5.41 Å². The van der Waals surface area contributed by atoms with E-state index in [4.69, 9.17) is 5.73 Å². The minimum atomic E-state index is -0.284. The van der Waals surface area contributed by atoms with E-state index in [0.29, 0.717) is 0 Å². The average Bonchev–Trinajstić information content (AvgIpc) is 2.95. The monoisotopic (exact) mass is 323 g/mol. The fraction of sp³-hybridized carbons (Fsp3) is 0.591. The van der Waals surface area contributed by atoms with Gasteiger partial charge >= 0.3 is 0 Å². The minimum absolute atomic E-state index is 0.00262. The van der Waals surface area contributed by atoms with Crippen molar-refractivity contribution in [1.82, 2.24) is 0 Å². The Balaban J connectivity index is 1.94. The smallest absolute Gasteiger partial charge is 0.224 e. The first kappa shape index (κ1) is 15.9. The van der Waals surface area contributed by atoms with Gasteiger partial charge in [-0.25, -0.2) is 0 Å². The number of rotatable bonds is 2. The van der Waals surface area contributed by atoms with Crippen LogP contribution in [0.2, 0.25) is 0 Å². The highest BCUT2D eigenvalue weighted by molar-refractivity contribution is 5.86. The summed E-state index contributed by atoms with van der Waals surface area (Å²) >= 11 is 0. The van der Waals surface area contributed by atoms with Crippen LogP contribution in [0.15, 0.2) is 17.7 Å². The highest BCUT2D eigenvalue weighted by atomic mass is 16.1. The van der Waals surface area contributed by atoms with Crippen molar-refractivity contribution < 1.29 is 4.79 Å². The first-order valence-corrected chi connectivity index (χ1v) is 9.35. The van der Waals surface area contributed by atoms with Crippen LogP contribution in [-0.2, 0) is 22.0 Å². The van der Waals surface area contributed by atoms with Crippen molar-refractivity contribution in [2.45, 2.75) is 77.0 Å². The molecule has 0 radical (unpaired) electrons. The zero-order valence-electron chi connectivity index (χ0n) is 15.5. The van der Waals surface area contributed by atoms with Crippen LogP contribution in [0.5, 0.6) is 0 Å². The van der Waals surface area contributed by atoms with Gasteiger partial charge in [-0.15, -0.1) is 0 Å².